The van der Waals surface area contributed by atoms with Gasteiger partial charge in [-0.15, -0.1) is 11.3 Å². The van der Waals surface area contributed by atoms with Crippen LogP contribution in [0, 0.1) is 0 Å². The highest BCUT2D eigenvalue weighted by molar-refractivity contribution is 7.12. The summed E-state index contributed by atoms with van der Waals surface area (Å²) in [5.74, 6) is -1.47. The third kappa shape index (κ3) is 3.45. The van der Waals surface area contributed by atoms with Gasteiger partial charge in [0.05, 0.1) is 11.4 Å². The van der Waals surface area contributed by atoms with E-state index in [1.165, 1.54) is 22.3 Å². The van der Waals surface area contributed by atoms with E-state index in [1.54, 1.807) is 11.4 Å². The Hall–Kier alpha value is -2.15. The molecule has 0 radical (unpaired) electrons. The van der Waals surface area contributed by atoms with E-state index in [2.05, 4.69) is 5.32 Å². The van der Waals surface area contributed by atoms with E-state index in [-0.39, 0.29) is 18.4 Å². The molecule has 1 fully saturated rings. The number of carbonyl (C=O) groups excluding carboxylic acids is 2. The monoisotopic (exact) mass is 294 g/mol. The molecule has 1 saturated heterocycles. The van der Waals surface area contributed by atoms with Crippen molar-refractivity contribution in [3.63, 3.8) is 0 Å². The lowest BCUT2D eigenvalue weighted by molar-refractivity contribution is -0.131. The maximum Gasteiger partial charge on any atom is 0.328 e. The molecular weight excluding hydrogens is 280 g/mol. The molecule has 2 rings (SSSR count). The first-order chi connectivity index (χ1) is 9.58. The molecular formula is C13H14N2O4S. The molecule has 0 saturated carbocycles. The van der Waals surface area contributed by atoms with Crippen molar-refractivity contribution in [2.45, 2.75) is 6.42 Å². The molecule has 0 atom stereocenters. The first kappa shape index (κ1) is 14.3. The van der Waals surface area contributed by atoms with E-state index >= 15 is 0 Å². The molecule has 6 nitrogen and oxygen atoms in total. The fraction of sp³-hybridized carbons (Fsp3) is 0.308. The summed E-state index contributed by atoms with van der Waals surface area (Å²) >= 11 is 1.24. The molecule has 0 aliphatic carbocycles. The Morgan fingerprint density at radius 1 is 1.45 bits per heavy atom. The lowest BCUT2D eigenvalue weighted by atomic mass is 10.2. The quantitative estimate of drug-likeness (QED) is 0.808. The average molecular weight is 294 g/mol. The smallest absolute Gasteiger partial charge is 0.328 e. The number of carboxylic acids is 1. The highest BCUT2D eigenvalue weighted by Gasteiger charge is 2.23. The summed E-state index contributed by atoms with van der Waals surface area (Å²) in [4.78, 5) is 36.4. The lowest BCUT2D eigenvalue weighted by Crippen LogP contribution is -2.37. The van der Waals surface area contributed by atoms with Crippen molar-refractivity contribution in [1.29, 1.82) is 0 Å². The van der Waals surface area contributed by atoms with Crippen molar-refractivity contribution < 1.29 is 19.5 Å². The number of nitrogens with one attached hydrogen (secondary N) is 1. The molecule has 0 spiro atoms. The van der Waals surface area contributed by atoms with E-state index in [1.807, 2.05) is 0 Å². The van der Waals surface area contributed by atoms with Crippen LogP contribution in [0.15, 0.2) is 17.5 Å². The van der Waals surface area contributed by atoms with Crippen LogP contribution in [0.5, 0.6) is 0 Å². The summed E-state index contributed by atoms with van der Waals surface area (Å²) in [5, 5.41) is 13.1. The second-order valence-corrected chi connectivity index (χ2v) is 5.22. The molecule has 1 aliphatic rings. The van der Waals surface area contributed by atoms with Crippen molar-refractivity contribution in [3.8, 4) is 0 Å². The minimum absolute atomic E-state index is 0.0405. The zero-order valence-electron chi connectivity index (χ0n) is 10.7. The maximum absolute atomic E-state index is 12.4. The van der Waals surface area contributed by atoms with Gasteiger partial charge in [0.15, 0.2) is 0 Å². The molecule has 2 amide bonds. The number of rotatable bonds is 3. The molecule has 106 valence electrons. The van der Waals surface area contributed by atoms with Crippen LogP contribution in [-0.4, -0.2) is 47.4 Å². The molecule has 1 aromatic rings. The van der Waals surface area contributed by atoms with Gasteiger partial charge in [-0.05, 0) is 29.5 Å². The Morgan fingerprint density at radius 2 is 2.25 bits per heavy atom. The van der Waals surface area contributed by atoms with Crippen molar-refractivity contribution in [2.24, 2.45) is 0 Å². The lowest BCUT2D eigenvalue weighted by Gasteiger charge is -2.18. The molecule has 7 heteroatoms. The molecule has 1 aliphatic heterocycles. The SMILES string of the molecule is O=C(O)C=Cc1ccsc1C(=O)N1CCCNC(=O)C1. The molecule has 2 heterocycles. The minimum Gasteiger partial charge on any atom is -0.478 e. The second-order valence-electron chi connectivity index (χ2n) is 4.31. The van der Waals surface area contributed by atoms with E-state index in [0.717, 1.165) is 6.08 Å². The van der Waals surface area contributed by atoms with Gasteiger partial charge in [-0.25, -0.2) is 4.79 Å². The standard InChI is InChI=1S/C13H14N2O4S/c16-10-8-15(6-1-5-14-10)13(19)12-9(4-7-20-12)2-3-11(17)18/h2-4,7H,1,5-6,8H2,(H,14,16)(H,17,18). The molecule has 20 heavy (non-hydrogen) atoms. The number of nitrogens with zero attached hydrogens (tertiary/aromatic N) is 1. The fourth-order valence-corrected chi connectivity index (χ4v) is 2.76. The maximum atomic E-state index is 12.4. The van der Waals surface area contributed by atoms with Gasteiger partial charge < -0.3 is 15.3 Å². The van der Waals surface area contributed by atoms with Gasteiger partial charge in [0.25, 0.3) is 5.91 Å². The second kappa shape index (κ2) is 6.33. The van der Waals surface area contributed by atoms with Crippen molar-refractivity contribution in [1.82, 2.24) is 10.2 Å². The van der Waals surface area contributed by atoms with Gasteiger partial charge in [0.2, 0.25) is 5.91 Å². The van der Waals surface area contributed by atoms with Crippen molar-refractivity contribution in [3.05, 3.63) is 28.0 Å². The van der Waals surface area contributed by atoms with Crippen LogP contribution in [-0.2, 0) is 9.59 Å². The Kier molecular flexibility index (Phi) is 4.52. The zero-order chi connectivity index (χ0) is 14.5. The van der Waals surface area contributed by atoms with E-state index in [9.17, 15) is 14.4 Å². The first-order valence-electron chi connectivity index (χ1n) is 6.12. The number of carbonyl (C=O) groups is 3. The van der Waals surface area contributed by atoms with E-state index < -0.39 is 5.97 Å². The summed E-state index contributed by atoms with van der Waals surface area (Å²) in [6.07, 6.45) is 3.10. The number of carboxylic acid groups (broad SMARTS) is 1. The number of aliphatic carboxylic acids is 1. The average Bonchev–Trinajstić information content (AvgIpc) is 2.77. The first-order valence-corrected chi connectivity index (χ1v) is 7.00. The Balaban J connectivity index is 2.18. The Bertz CT molecular complexity index is 564. The normalized spacial score (nSPS) is 16.0. The van der Waals surface area contributed by atoms with Gasteiger partial charge >= 0.3 is 5.97 Å². The van der Waals surface area contributed by atoms with Crippen LogP contribution in [0.4, 0.5) is 0 Å². The number of hydrogen-bond acceptors (Lipinski definition) is 4. The van der Waals surface area contributed by atoms with Gasteiger partial charge in [0.1, 0.15) is 0 Å². The number of amides is 2. The summed E-state index contributed by atoms with van der Waals surface area (Å²) in [6, 6.07) is 1.69. The molecule has 0 bridgehead atoms. The number of thiophene rings is 1. The van der Waals surface area contributed by atoms with Crippen LogP contribution < -0.4 is 5.32 Å². The predicted octanol–water partition coefficient (Wildman–Crippen LogP) is 0.808. The molecule has 0 aromatic carbocycles. The van der Waals surface area contributed by atoms with Crippen molar-refractivity contribution in [2.75, 3.05) is 19.6 Å². The van der Waals surface area contributed by atoms with Crippen LogP contribution in [0.1, 0.15) is 21.7 Å². The van der Waals surface area contributed by atoms with Gasteiger partial charge in [-0.2, -0.15) is 0 Å². The Labute approximate surface area is 119 Å². The van der Waals surface area contributed by atoms with E-state index in [0.29, 0.717) is 30.0 Å². The molecule has 2 N–H and O–H groups in total. The van der Waals surface area contributed by atoms with Crippen molar-refractivity contribution >= 4 is 35.2 Å². The largest absolute Gasteiger partial charge is 0.478 e. The topological polar surface area (TPSA) is 86.7 Å². The van der Waals surface area contributed by atoms with Crippen LogP contribution in [0.2, 0.25) is 0 Å². The summed E-state index contributed by atoms with van der Waals surface area (Å²) < 4.78 is 0. The highest BCUT2D eigenvalue weighted by Crippen LogP contribution is 2.21. The van der Waals surface area contributed by atoms with Gasteiger partial charge in [-0.1, -0.05) is 0 Å². The minimum atomic E-state index is -1.07. The highest BCUT2D eigenvalue weighted by atomic mass is 32.1. The van der Waals surface area contributed by atoms with Crippen LogP contribution in [0.3, 0.4) is 0 Å². The predicted molar refractivity (Wildman–Crippen MR) is 74.5 cm³/mol. The molecule has 0 unspecified atom stereocenters. The third-order valence-corrected chi connectivity index (χ3v) is 3.76. The zero-order valence-corrected chi connectivity index (χ0v) is 11.5. The fourth-order valence-electron chi connectivity index (χ4n) is 1.91. The van der Waals surface area contributed by atoms with Crippen LogP contribution in [0.25, 0.3) is 6.08 Å². The third-order valence-electron chi connectivity index (χ3n) is 2.84. The van der Waals surface area contributed by atoms with Crippen LogP contribution >= 0.6 is 11.3 Å². The summed E-state index contributed by atoms with van der Waals surface area (Å²) in [7, 11) is 0. The molecule has 1 aromatic heterocycles. The Morgan fingerprint density at radius 3 is 3.00 bits per heavy atom. The van der Waals surface area contributed by atoms with Gasteiger partial charge in [0, 0.05) is 19.2 Å². The summed E-state index contributed by atoms with van der Waals surface area (Å²) in [6.45, 7) is 1.12. The number of hydrogen-bond donors (Lipinski definition) is 2. The van der Waals surface area contributed by atoms with E-state index in [4.69, 9.17) is 5.11 Å². The van der Waals surface area contributed by atoms with Gasteiger partial charge in [-0.3, -0.25) is 9.59 Å². The summed E-state index contributed by atoms with van der Waals surface area (Å²) in [5.41, 5.74) is 0.562.